The molecule has 0 saturated carbocycles. The van der Waals surface area contributed by atoms with Gasteiger partial charge in [-0.05, 0) is 19.1 Å². The first-order valence-corrected chi connectivity index (χ1v) is 4.84. The van der Waals surface area contributed by atoms with E-state index in [1.807, 2.05) is 26.0 Å². The van der Waals surface area contributed by atoms with E-state index in [2.05, 4.69) is 5.32 Å². The van der Waals surface area contributed by atoms with E-state index in [9.17, 15) is 4.79 Å². The third kappa shape index (κ3) is 2.05. The summed E-state index contributed by atoms with van der Waals surface area (Å²) in [5.41, 5.74) is 0.607. The van der Waals surface area contributed by atoms with Crippen LogP contribution in [-0.4, -0.2) is 12.1 Å². The Hall–Kier alpha value is -1.51. The molecule has 1 N–H and O–H groups in total. The first kappa shape index (κ1) is 10.6. The van der Waals surface area contributed by atoms with Crippen LogP contribution in [0, 0.1) is 0 Å². The first-order chi connectivity index (χ1) is 6.77. The molecule has 1 atom stereocenters. The van der Waals surface area contributed by atoms with Crippen LogP contribution in [0.3, 0.4) is 0 Å². The second-order valence-electron chi connectivity index (χ2n) is 2.73. The minimum Gasteiger partial charge on any atom is -0.470 e. The summed E-state index contributed by atoms with van der Waals surface area (Å²) in [6.07, 6.45) is -0.229. The van der Waals surface area contributed by atoms with E-state index < -0.39 is 0 Å². The van der Waals surface area contributed by atoms with Crippen LogP contribution in [0.15, 0.2) is 24.3 Å². The summed E-state index contributed by atoms with van der Waals surface area (Å²) in [5.74, 6) is 0.595. The Morgan fingerprint density at radius 2 is 1.93 bits per heavy atom. The van der Waals surface area contributed by atoms with Crippen molar-refractivity contribution in [3.8, 4) is 5.75 Å². The number of carbonyl (C=O) groups excluding carboxylic acids is 1. The lowest BCUT2D eigenvalue weighted by molar-refractivity contribution is 0.0788. The smallest absolute Gasteiger partial charge is 0.257 e. The topological polar surface area (TPSA) is 38.3 Å². The monoisotopic (exact) mass is 193 g/mol. The van der Waals surface area contributed by atoms with Gasteiger partial charge < -0.3 is 10.1 Å². The molecule has 1 aromatic carbocycles. The zero-order valence-corrected chi connectivity index (χ0v) is 8.70. The van der Waals surface area contributed by atoms with Gasteiger partial charge in [0.25, 0.3) is 5.91 Å². The standard InChI is InChI=1S/C9H9NO2.C2H6/c1-6-10-9(11)7-4-2-3-5-8(7)12-6;1-2/h2-6H,1H3,(H,10,11);1-2H3. The van der Waals surface area contributed by atoms with Crippen molar-refractivity contribution in [3.63, 3.8) is 0 Å². The van der Waals surface area contributed by atoms with Crippen molar-refractivity contribution >= 4 is 5.91 Å². The van der Waals surface area contributed by atoms with Crippen LogP contribution < -0.4 is 10.1 Å². The molecule has 1 aromatic rings. The molecule has 3 heteroatoms. The highest BCUT2D eigenvalue weighted by molar-refractivity contribution is 5.97. The van der Waals surface area contributed by atoms with E-state index in [4.69, 9.17) is 4.74 Å². The van der Waals surface area contributed by atoms with E-state index in [-0.39, 0.29) is 12.1 Å². The SMILES string of the molecule is CC.CC1NC(=O)c2ccccc2O1. The normalized spacial score (nSPS) is 18.2. The number of hydrogen-bond donors (Lipinski definition) is 1. The molecule has 0 aromatic heterocycles. The molecule has 3 nitrogen and oxygen atoms in total. The number of carbonyl (C=O) groups is 1. The van der Waals surface area contributed by atoms with Gasteiger partial charge in [0.2, 0.25) is 0 Å². The van der Waals surface area contributed by atoms with Crippen LogP contribution in [-0.2, 0) is 0 Å². The van der Waals surface area contributed by atoms with Crippen molar-refractivity contribution in [2.75, 3.05) is 0 Å². The average Bonchev–Trinajstić information content (AvgIpc) is 2.20. The maximum absolute atomic E-state index is 11.3. The highest BCUT2D eigenvalue weighted by Crippen LogP contribution is 2.21. The molecule has 1 amide bonds. The van der Waals surface area contributed by atoms with Crippen LogP contribution in [0.2, 0.25) is 0 Å². The van der Waals surface area contributed by atoms with E-state index in [0.717, 1.165) is 0 Å². The highest BCUT2D eigenvalue weighted by atomic mass is 16.5. The van der Waals surface area contributed by atoms with Gasteiger partial charge in [-0.1, -0.05) is 26.0 Å². The van der Waals surface area contributed by atoms with Crippen LogP contribution >= 0.6 is 0 Å². The van der Waals surface area contributed by atoms with Crippen molar-refractivity contribution < 1.29 is 9.53 Å². The van der Waals surface area contributed by atoms with Crippen LogP contribution in [0.4, 0.5) is 0 Å². The van der Waals surface area contributed by atoms with Crippen molar-refractivity contribution in [1.82, 2.24) is 5.32 Å². The molecule has 0 bridgehead atoms. The third-order valence-corrected chi connectivity index (χ3v) is 1.77. The molecule has 0 radical (unpaired) electrons. The third-order valence-electron chi connectivity index (χ3n) is 1.77. The molecule has 1 unspecified atom stereocenters. The fraction of sp³-hybridized carbons (Fsp3) is 0.364. The predicted molar refractivity (Wildman–Crippen MR) is 55.3 cm³/mol. The van der Waals surface area contributed by atoms with E-state index in [1.165, 1.54) is 0 Å². The number of nitrogens with one attached hydrogen (secondary N) is 1. The summed E-state index contributed by atoms with van der Waals surface area (Å²) in [6.45, 7) is 5.80. The zero-order chi connectivity index (χ0) is 10.6. The molecule has 2 rings (SSSR count). The van der Waals surface area contributed by atoms with Gasteiger partial charge in [-0.2, -0.15) is 0 Å². The molecule has 1 aliphatic rings. The van der Waals surface area contributed by atoms with Crippen molar-refractivity contribution in [2.45, 2.75) is 27.0 Å². The lowest BCUT2D eigenvalue weighted by atomic mass is 10.1. The maximum atomic E-state index is 11.3. The number of hydrogen-bond acceptors (Lipinski definition) is 2. The van der Waals surface area contributed by atoms with Crippen LogP contribution in [0.5, 0.6) is 5.75 Å². The number of para-hydroxylation sites is 1. The van der Waals surface area contributed by atoms with E-state index >= 15 is 0 Å². The Morgan fingerprint density at radius 1 is 1.29 bits per heavy atom. The maximum Gasteiger partial charge on any atom is 0.257 e. The summed E-state index contributed by atoms with van der Waals surface area (Å²) >= 11 is 0. The first-order valence-electron chi connectivity index (χ1n) is 4.84. The lowest BCUT2D eigenvalue weighted by Gasteiger charge is -2.23. The summed E-state index contributed by atoms with van der Waals surface area (Å²) in [6, 6.07) is 7.21. The fourth-order valence-corrected chi connectivity index (χ4v) is 1.24. The Bertz CT molecular complexity index is 323. The van der Waals surface area contributed by atoms with Gasteiger partial charge in [0.05, 0.1) is 5.56 Å². The quantitative estimate of drug-likeness (QED) is 0.685. The molecule has 0 spiro atoms. The second kappa shape index (κ2) is 4.65. The van der Waals surface area contributed by atoms with Gasteiger partial charge >= 0.3 is 0 Å². The van der Waals surface area contributed by atoms with Crippen molar-refractivity contribution in [1.29, 1.82) is 0 Å². The number of benzene rings is 1. The number of rotatable bonds is 0. The van der Waals surface area contributed by atoms with Crippen molar-refractivity contribution in [2.24, 2.45) is 0 Å². The molecule has 1 heterocycles. The molecular weight excluding hydrogens is 178 g/mol. The van der Waals surface area contributed by atoms with Gasteiger partial charge in [-0.15, -0.1) is 0 Å². The zero-order valence-electron chi connectivity index (χ0n) is 8.70. The second-order valence-corrected chi connectivity index (χ2v) is 2.73. The lowest BCUT2D eigenvalue weighted by Crippen LogP contribution is -2.40. The Labute approximate surface area is 84.1 Å². The molecule has 0 fully saturated rings. The molecule has 76 valence electrons. The molecule has 0 aliphatic carbocycles. The van der Waals surface area contributed by atoms with E-state index in [0.29, 0.717) is 11.3 Å². The molecule has 0 saturated heterocycles. The van der Waals surface area contributed by atoms with Crippen molar-refractivity contribution in [3.05, 3.63) is 29.8 Å². The summed E-state index contributed by atoms with van der Waals surface area (Å²) in [4.78, 5) is 11.3. The van der Waals surface area contributed by atoms with Gasteiger partial charge in [0.15, 0.2) is 6.23 Å². The van der Waals surface area contributed by atoms with Gasteiger partial charge in [0.1, 0.15) is 5.75 Å². The van der Waals surface area contributed by atoms with Gasteiger partial charge in [-0.25, -0.2) is 0 Å². The average molecular weight is 193 g/mol. The summed E-state index contributed by atoms with van der Waals surface area (Å²) in [7, 11) is 0. The minimum atomic E-state index is -0.229. The molecule has 1 aliphatic heterocycles. The number of amides is 1. The fourth-order valence-electron chi connectivity index (χ4n) is 1.24. The van der Waals surface area contributed by atoms with E-state index in [1.54, 1.807) is 19.1 Å². The van der Waals surface area contributed by atoms with Crippen LogP contribution in [0.25, 0.3) is 0 Å². The van der Waals surface area contributed by atoms with Gasteiger partial charge in [-0.3, -0.25) is 4.79 Å². The van der Waals surface area contributed by atoms with Crippen LogP contribution in [0.1, 0.15) is 31.1 Å². The number of fused-ring (bicyclic) bond motifs is 1. The summed E-state index contributed by atoms with van der Waals surface area (Å²) in [5, 5.41) is 2.67. The summed E-state index contributed by atoms with van der Waals surface area (Å²) < 4.78 is 5.37. The molecule has 14 heavy (non-hydrogen) atoms. The Kier molecular flexibility index (Phi) is 3.51. The number of ether oxygens (including phenoxy) is 1. The predicted octanol–water partition coefficient (Wildman–Crippen LogP) is 2.18. The minimum absolute atomic E-state index is 0.0654. The highest BCUT2D eigenvalue weighted by Gasteiger charge is 2.20. The van der Waals surface area contributed by atoms with Gasteiger partial charge in [0, 0.05) is 0 Å². The Balaban J connectivity index is 0.000000461. The largest absolute Gasteiger partial charge is 0.470 e. The Morgan fingerprint density at radius 3 is 2.64 bits per heavy atom. The molecular formula is C11H15NO2.